The van der Waals surface area contributed by atoms with Gasteiger partial charge in [0.05, 0.1) is 5.56 Å². The molecule has 0 unspecified atom stereocenters. The van der Waals surface area contributed by atoms with Crippen molar-refractivity contribution in [3.05, 3.63) is 94.1 Å². The van der Waals surface area contributed by atoms with Gasteiger partial charge in [-0.2, -0.15) is 0 Å². The topological polar surface area (TPSA) is 56.5 Å². The van der Waals surface area contributed by atoms with E-state index in [0.717, 1.165) is 10.8 Å². The van der Waals surface area contributed by atoms with E-state index in [-0.39, 0.29) is 12.2 Å². The second-order valence-electron chi connectivity index (χ2n) is 5.81. The summed E-state index contributed by atoms with van der Waals surface area (Å²) in [6, 6.07) is 18.1. The van der Waals surface area contributed by atoms with Gasteiger partial charge in [0.15, 0.2) is 0 Å². The standard InChI is InChI=1S/C21H13FO4/c22-17-8-4-3-7-16(17)21(24)25-12-14-11-19(23)26-18-10-9-13-5-1-2-6-15(13)20(14)18/h1-11H,12H2. The molecule has 4 aromatic rings. The predicted molar refractivity (Wildman–Crippen MR) is 95.5 cm³/mol. The molecule has 1 aromatic heterocycles. The highest BCUT2D eigenvalue weighted by Crippen LogP contribution is 2.28. The lowest BCUT2D eigenvalue weighted by molar-refractivity contribution is 0.0468. The molecule has 0 aliphatic carbocycles. The summed E-state index contributed by atoms with van der Waals surface area (Å²) in [7, 11) is 0. The van der Waals surface area contributed by atoms with Crippen LogP contribution in [0.5, 0.6) is 0 Å². The number of carbonyl (C=O) groups is 1. The summed E-state index contributed by atoms with van der Waals surface area (Å²) in [5, 5.41) is 2.55. The van der Waals surface area contributed by atoms with Gasteiger partial charge in [-0.3, -0.25) is 0 Å². The van der Waals surface area contributed by atoms with E-state index in [1.54, 1.807) is 12.1 Å². The highest BCUT2D eigenvalue weighted by atomic mass is 19.1. The smallest absolute Gasteiger partial charge is 0.341 e. The fourth-order valence-electron chi connectivity index (χ4n) is 2.98. The Morgan fingerprint density at radius 3 is 2.62 bits per heavy atom. The van der Waals surface area contributed by atoms with Gasteiger partial charge in [0.1, 0.15) is 18.0 Å². The number of halogens is 1. The molecule has 4 nitrogen and oxygen atoms in total. The molecule has 0 spiro atoms. The normalized spacial score (nSPS) is 11.0. The molecular formula is C21H13FO4. The third kappa shape index (κ3) is 2.84. The van der Waals surface area contributed by atoms with Gasteiger partial charge in [0.2, 0.25) is 0 Å². The van der Waals surface area contributed by atoms with E-state index in [4.69, 9.17) is 9.15 Å². The molecule has 4 rings (SSSR count). The molecule has 0 N–H and O–H groups in total. The average molecular weight is 348 g/mol. The van der Waals surface area contributed by atoms with Crippen LogP contribution >= 0.6 is 0 Å². The van der Waals surface area contributed by atoms with E-state index >= 15 is 0 Å². The van der Waals surface area contributed by atoms with Crippen molar-refractivity contribution in [1.82, 2.24) is 0 Å². The van der Waals surface area contributed by atoms with Crippen LogP contribution in [0.4, 0.5) is 4.39 Å². The Hall–Kier alpha value is -3.47. The van der Waals surface area contributed by atoms with Crippen molar-refractivity contribution in [2.24, 2.45) is 0 Å². The van der Waals surface area contributed by atoms with Gasteiger partial charge in [0, 0.05) is 17.0 Å². The SMILES string of the molecule is O=C(OCc1cc(=O)oc2ccc3ccccc3c12)c1ccccc1F. The van der Waals surface area contributed by atoms with E-state index in [0.29, 0.717) is 16.5 Å². The molecule has 3 aromatic carbocycles. The number of ether oxygens (including phenoxy) is 1. The minimum atomic E-state index is -0.787. The molecule has 26 heavy (non-hydrogen) atoms. The average Bonchev–Trinajstić information content (AvgIpc) is 2.65. The number of benzene rings is 3. The first-order valence-electron chi connectivity index (χ1n) is 7.99. The van der Waals surface area contributed by atoms with Crippen LogP contribution in [0.25, 0.3) is 21.7 Å². The van der Waals surface area contributed by atoms with Gasteiger partial charge < -0.3 is 9.15 Å². The van der Waals surface area contributed by atoms with Crippen molar-refractivity contribution in [3.63, 3.8) is 0 Å². The molecule has 5 heteroatoms. The van der Waals surface area contributed by atoms with Crippen LogP contribution in [0.15, 0.2) is 75.9 Å². The molecule has 0 fully saturated rings. The predicted octanol–water partition coefficient (Wildman–Crippen LogP) is 4.44. The highest BCUT2D eigenvalue weighted by Gasteiger charge is 2.15. The number of hydrogen-bond donors (Lipinski definition) is 0. The maximum atomic E-state index is 13.7. The fraction of sp³-hybridized carbons (Fsp3) is 0.0476. The maximum absolute atomic E-state index is 13.7. The summed E-state index contributed by atoms with van der Waals surface area (Å²) in [6.07, 6.45) is 0. The van der Waals surface area contributed by atoms with Gasteiger partial charge in [-0.15, -0.1) is 0 Å². The first-order chi connectivity index (χ1) is 12.6. The van der Waals surface area contributed by atoms with Gasteiger partial charge in [0.25, 0.3) is 0 Å². The summed E-state index contributed by atoms with van der Waals surface area (Å²) in [4.78, 5) is 24.0. The van der Waals surface area contributed by atoms with Crippen molar-refractivity contribution < 1.29 is 18.3 Å². The molecule has 0 saturated heterocycles. The number of esters is 1. The summed E-state index contributed by atoms with van der Waals surface area (Å²) in [5.41, 5.74) is 0.236. The molecule has 0 radical (unpaired) electrons. The lowest BCUT2D eigenvalue weighted by atomic mass is 10.0. The van der Waals surface area contributed by atoms with Crippen molar-refractivity contribution >= 4 is 27.7 Å². The fourth-order valence-corrected chi connectivity index (χ4v) is 2.98. The number of hydrogen-bond acceptors (Lipinski definition) is 4. The minimum Gasteiger partial charge on any atom is -0.457 e. The number of rotatable bonds is 3. The lowest BCUT2D eigenvalue weighted by Gasteiger charge is -2.10. The van der Waals surface area contributed by atoms with Crippen molar-refractivity contribution in [2.45, 2.75) is 6.61 Å². The second kappa shape index (κ2) is 6.44. The second-order valence-corrected chi connectivity index (χ2v) is 5.81. The zero-order valence-corrected chi connectivity index (χ0v) is 13.6. The van der Waals surface area contributed by atoms with Crippen LogP contribution in [0.2, 0.25) is 0 Å². The van der Waals surface area contributed by atoms with E-state index < -0.39 is 17.4 Å². The largest absolute Gasteiger partial charge is 0.457 e. The summed E-state index contributed by atoms with van der Waals surface area (Å²) in [5.74, 6) is -1.44. The van der Waals surface area contributed by atoms with Gasteiger partial charge in [-0.25, -0.2) is 14.0 Å². The molecule has 1 heterocycles. The Morgan fingerprint density at radius 1 is 1.00 bits per heavy atom. The third-order valence-electron chi connectivity index (χ3n) is 4.17. The van der Waals surface area contributed by atoms with Crippen LogP contribution < -0.4 is 5.63 Å². The van der Waals surface area contributed by atoms with E-state index in [9.17, 15) is 14.0 Å². The molecular weight excluding hydrogens is 335 g/mol. The molecule has 0 aliphatic heterocycles. The van der Waals surface area contributed by atoms with Crippen molar-refractivity contribution in [3.8, 4) is 0 Å². The van der Waals surface area contributed by atoms with E-state index in [2.05, 4.69) is 0 Å². The summed E-state index contributed by atoms with van der Waals surface area (Å²) in [6.45, 7) is -0.163. The maximum Gasteiger partial charge on any atom is 0.341 e. The monoisotopic (exact) mass is 348 g/mol. The molecule has 0 amide bonds. The van der Waals surface area contributed by atoms with Crippen LogP contribution in [-0.2, 0) is 11.3 Å². The molecule has 0 bridgehead atoms. The first-order valence-corrected chi connectivity index (χ1v) is 7.99. The summed E-state index contributed by atoms with van der Waals surface area (Å²) < 4.78 is 24.2. The molecule has 0 atom stereocenters. The van der Waals surface area contributed by atoms with Crippen molar-refractivity contribution in [2.75, 3.05) is 0 Å². The zero-order valence-electron chi connectivity index (χ0n) is 13.6. The van der Waals surface area contributed by atoms with E-state index in [1.807, 2.05) is 30.3 Å². The highest BCUT2D eigenvalue weighted by molar-refractivity contribution is 6.07. The Kier molecular flexibility index (Phi) is 3.97. The Balaban J connectivity index is 1.76. The van der Waals surface area contributed by atoms with Gasteiger partial charge in [-0.05, 0) is 29.0 Å². The minimum absolute atomic E-state index is 0.148. The molecule has 0 aliphatic rings. The van der Waals surface area contributed by atoms with Gasteiger partial charge in [-0.1, -0.05) is 42.5 Å². The number of carbonyl (C=O) groups excluding carboxylic acids is 1. The Bertz CT molecular complexity index is 1190. The van der Waals surface area contributed by atoms with Crippen LogP contribution in [0.1, 0.15) is 15.9 Å². The van der Waals surface area contributed by atoms with Crippen LogP contribution in [-0.4, -0.2) is 5.97 Å². The molecule has 0 saturated carbocycles. The van der Waals surface area contributed by atoms with Gasteiger partial charge >= 0.3 is 11.6 Å². The molecule has 128 valence electrons. The van der Waals surface area contributed by atoms with Crippen molar-refractivity contribution in [1.29, 1.82) is 0 Å². The van der Waals surface area contributed by atoms with Crippen LogP contribution in [0.3, 0.4) is 0 Å². The zero-order chi connectivity index (χ0) is 18.1. The van der Waals surface area contributed by atoms with E-state index in [1.165, 1.54) is 24.3 Å². The lowest BCUT2D eigenvalue weighted by Crippen LogP contribution is -2.09. The quantitative estimate of drug-likeness (QED) is 0.312. The number of fused-ring (bicyclic) bond motifs is 3. The van der Waals surface area contributed by atoms with Crippen LogP contribution in [0, 0.1) is 5.82 Å². The Morgan fingerprint density at radius 2 is 1.77 bits per heavy atom. The summed E-state index contributed by atoms with van der Waals surface area (Å²) >= 11 is 0. The third-order valence-corrected chi connectivity index (χ3v) is 4.17. The first kappa shape index (κ1) is 16.0. The Labute approximate surface area is 147 Å².